The highest BCUT2D eigenvalue weighted by molar-refractivity contribution is 8.01. The van der Waals surface area contributed by atoms with E-state index in [0.29, 0.717) is 47.2 Å². The predicted molar refractivity (Wildman–Crippen MR) is 166 cm³/mol. The van der Waals surface area contributed by atoms with E-state index in [9.17, 15) is 27.9 Å². The molecule has 1 aliphatic heterocycles. The molecule has 4 rings (SSSR count). The molecule has 0 bridgehead atoms. The van der Waals surface area contributed by atoms with Gasteiger partial charge in [0.1, 0.15) is 5.69 Å². The number of thiazole rings is 1. The number of likely N-dealkylation sites (tertiary alicyclic amines) is 1. The molecule has 43 heavy (non-hydrogen) atoms. The zero-order valence-corrected chi connectivity index (χ0v) is 25.5. The Morgan fingerprint density at radius 1 is 1.16 bits per heavy atom. The van der Waals surface area contributed by atoms with Crippen molar-refractivity contribution >= 4 is 56.6 Å². The summed E-state index contributed by atoms with van der Waals surface area (Å²) in [7, 11) is -4.16. The Morgan fingerprint density at radius 2 is 1.95 bits per heavy atom. The fourth-order valence-electron chi connectivity index (χ4n) is 4.42. The molecule has 1 aliphatic rings. The van der Waals surface area contributed by atoms with Gasteiger partial charge in [-0.05, 0) is 36.2 Å². The van der Waals surface area contributed by atoms with Gasteiger partial charge in [0.25, 0.3) is 21.9 Å². The Labute approximate surface area is 258 Å². The second-order valence-electron chi connectivity index (χ2n) is 9.76. The minimum absolute atomic E-state index is 0.0321. The molecule has 11 nitrogen and oxygen atoms in total. The molecule has 228 valence electrons. The third-order valence-corrected chi connectivity index (χ3v) is 9.24. The lowest BCUT2D eigenvalue weighted by molar-refractivity contribution is -0.128. The number of aromatic nitrogens is 1. The van der Waals surface area contributed by atoms with Crippen molar-refractivity contribution in [2.75, 3.05) is 29.9 Å². The number of aliphatic hydroxyl groups excluding tert-OH is 1. The molecule has 1 saturated heterocycles. The van der Waals surface area contributed by atoms with Gasteiger partial charge in [0.2, 0.25) is 5.91 Å². The molecule has 2 aromatic carbocycles. The van der Waals surface area contributed by atoms with E-state index in [1.165, 1.54) is 23.1 Å². The number of hydrogen-bond acceptors (Lipinski definition) is 9. The smallest absolute Gasteiger partial charge is 0.270 e. The highest BCUT2D eigenvalue weighted by Crippen LogP contribution is 2.25. The molecule has 1 aromatic heterocycles. The average molecular weight is 645 g/mol. The standard InChI is InChI=1S/C29H32N4O7S3/c34-24(18-20-5-4-8-22(17-20)31-27(36)21-6-2-1-3-7-21)11-9-23-10-12-26(35)33(23)14-15-41-29-32-25(19-42-29)28(37)30-13-16-43(38,39)40/h1-9,11,17,19,23-24,34H,10,12-16,18H2,(H,30,37)(H,31,36)(H,38,39,40)/b11-9+/t23-,24+/m0/s1. The average Bonchev–Trinajstić information content (AvgIpc) is 3.58. The van der Waals surface area contributed by atoms with E-state index in [2.05, 4.69) is 15.6 Å². The first-order valence-corrected chi connectivity index (χ1v) is 17.0. The Bertz CT molecular complexity index is 1560. The van der Waals surface area contributed by atoms with Gasteiger partial charge in [0, 0.05) is 48.3 Å². The molecule has 1 fully saturated rings. The van der Waals surface area contributed by atoms with Crippen LogP contribution < -0.4 is 10.6 Å². The first-order valence-electron chi connectivity index (χ1n) is 13.5. The van der Waals surface area contributed by atoms with Crippen molar-refractivity contribution in [2.24, 2.45) is 0 Å². The summed E-state index contributed by atoms with van der Waals surface area (Å²) in [5.41, 5.74) is 2.20. The number of anilines is 1. The molecule has 0 saturated carbocycles. The van der Waals surface area contributed by atoms with Gasteiger partial charge in [0.15, 0.2) is 4.34 Å². The van der Waals surface area contributed by atoms with Crippen molar-refractivity contribution in [3.8, 4) is 0 Å². The summed E-state index contributed by atoms with van der Waals surface area (Å²) in [4.78, 5) is 43.1. The third kappa shape index (κ3) is 10.3. The van der Waals surface area contributed by atoms with Crippen LogP contribution in [0, 0.1) is 0 Å². The van der Waals surface area contributed by atoms with Crippen molar-refractivity contribution in [3.63, 3.8) is 0 Å². The lowest BCUT2D eigenvalue weighted by atomic mass is 10.1. The zero-order chi connectivity index (χ0) is 30.8. The second kappa shape index (κ2) is 15.3. The number of carbonyl (C=O) groups is 3. The number of nitrogens with zero attached hydrogens (tertiary/aromatic N) is 2. The van der Waals surface area contributed by atoms with Crippen LogP contribution in [-0.4, -0.2) is 82.4 Å². The Kier molecular flexibility index (Phi) is 11.5. The monoisotopic (exact) mass is 644 g/mol. The first kappa shape index (κ1) is 32.4. The van der Waals surface area contributed by atoms with E-state index in [4.69, 9.17) is 4.55 Å². The predicted octanol–water partition coefficient (Wildman–Crippen LogP) is 3.26. The van der Waals surface area contributed by atoms with Crippen LogP contribution in [0.15, 0.2) is 76.5 Å². The maximum Gasteiger partial charge on any atom is 0.270 e. The largest absolute Gasteiger partial charge is 0.389 e. The minimum atomic E-state index is -4.16. The molecule has 14 heteroatoms. The van der Waals surface area contributed by atoms with Crippen LogP contribution in [0.3, 0.4) is 0 Å². The molecule has 0 aliphatic carbocycles. The van der Waals surface area contributed by atoms with E-state index in [-0.39, 0.29) is 30.1 Å². The molecule has 3 amide bonds. The summed E-state index contributed by atoms with van der Waals surface area (Å²) in [6.45, 7) is 0.241. The maximum atomic E-state index is 12.5. The van der Waals surface area contributed by atoms with Crippen LogP contribution in [0.5, 0.6) is 0 Å². The van der Waals surface area contributed by atoms with Crippen molar-refractivity contribution in [1.29, 1.82) is 0 Å². The SMILES string of the molecule is O=C(Nc1cccc(C[C@H](O)/C=C/[C@H]2CCC(=O)N2CCSc2nc(C(=O)NCCS(=O)(=O)O)cs2)c1)c1ccccc1. The van der Waals surface area contributed by atoms with Crippen molar-refractivity contribution in [1.82, 2.24) is 15.2 Å². The van der Waals surface area contributed by atoms with E-state index < -0.39 is 27.9 Å². The van der Waals surface area contributed by atoms with Crippen LogP contribution in [0.2, 0.25) is 0 Å². The number of thioether (sulfide) groups is 1. The highest BCUT2D eigenvalue weighted by atomic mass is 32.2. The molecule has 4 N–H and O–H groups in total. The summed E-state index contributed by atoms with van der Waals surface area (Å²) in [6, 6.07) is 16.1. The van der Waals surface area contributed by atoms with E-state index in [1.54, 1.807) is 46.7 Å². The Morgan fingerprint density at radius 3 is 2.72 bits per heavy atom. The normalized spacial score (nSPS) is 16.0. The van der Waals surface area contributed by atoms with Gasteiger partial charge in [-0.3, -0.25) is 18.9 Å². The van der Waals surface area contributed by atoms with Gasteiger partial charge in [-0.15, -0.1) is 11.3 Å². The number of benzene rings is 2. The van der Waals surface area contributed by atoms with Crippen LogP contribution in [0.25, 0.3) is 0 Å². The molecule has 2 heterocycles. The Hall–Kier alpha value is -3.56. The van der Waals surface area contributed by atoms with Gasteiger partial charge in [0.05, 0.1) is 17.9 Å². The highest BCUT2D eigenvalue weighted by Gasteiger charge is 2.29. The minimum Gasteiger partial charge on any atom is -0.389 e. The number of nitrogens with one attached hydrogen (secondary N) is 2. The van der Waals surface area contributed by atoms with Gasteiger partial charge in [-0.2, -0.15) is 8.42 Å². The lowest BCUT2D eigenvalue weighted by Gasteiger charge is -2.22. The molecule has 3 aromatic rings. The zero-order valence-electron chi connectivity index (χ0n) is 23.1. The molecule has 0 radical (unpaired) electrons. The third-order valence-electron chi connectivity index (χ3n) is 6.51. The molecular weight excluding hydrogens is 613 g/mol. The maximum absolute atomic E-state index is 12.5. The summed E-state index contributed by atoms with van der Waals surface area (Å²) >= 11 is 2.67. The quantitative estimate of drug-likeness (QED) is 0.117. The Balaban J connectivity index is 1.24. The number of rotatable bonds is 14. The molecular formula is C29H32N4O7S3. The molecule has 0 spiro atoms. The number of carbonyl (C=O) groups excluding carboxylic acids is 3. The summed E-state index contributed by atoms with van der Waals surface area (Å²) < 4.78 is 31.0. The van der Waals surface area contributed by atoms with Crippen molar-refractivity contribution < 1.29 is 32.5 Å². The van der Waals surface area contributed by atoms with Crippen LogP contribution in [0.4, 0.5) is 5.69 Å². The van der Waals surface area contributed by atoms with Crippen LogP contribution in [0.1, 0.15) is 39.3 Å². The van der Waals surface area contributed by atoms with Gasteiger partial charge >= 0.3 is 0 Å². The summed E-state index contributed by atoms with van der Waals surface area (Å²) in [5.74, 6) is -0.740. The van der Waals surface area contributed by atoms with Gasteiger partial charge in [-0.25, -0.2) is 4.98 Å². The van der Waals surface area contributed by atoms with Crippen molar-refractivity contribution in [3.05, 3.63) is 89.0 Å². The van der Waals surface area contributed by atoms with Gasteiger partial charge < -0.3 is 20.6 Å². The van der Waals surface area contributed by atoms with E-state index in [1.807, 2.05) is 30.3 Å². The lowest BCUT2D eigenvalue weighted by Crippen LogP contribution is -2.34. The number of hydrogen-bond donors (Lipinski definition) is 4. The summed E-state index contributed by atoms with van der Waals surface area (Å²) in [6.07, 6.45) is 4.21. The second-order valence-corrected chi connectivity index (χ2v) is 13.5. The van der Waals surface area contributed by atoms with Crippen LogP contribution >= 0.6 is 23.1 Å². The molecule has 0 unspecified atom stereocenters. The van der Waals surface area contributed by atoms with Crippen LogP contribution in [-0.2, 0) is 21.3 Å². The van der Waals surface area contributed by atoms with Gasteiger partial charge in [-0.1, -0.05) is 54.2 Å². The molecule has 2 atom stereocenters. The van der Waals surface area contributed by atoms with E-state index in [0.717, 1.165) is 5.56 Å². The fourth-order valence-corrected chi connectivity index (χ4v) is 6.60. The van der Waals surface area contributed by atoms with E-state index >= 15 is 0 Å². The fraction of sp³-hybridized carbons (Fsp3) is 0.310. The van der Waals surface area contributed by atoms with Crippen molar-refractivity contribution in [2.45, 2.75) is 35.7 Å². The topological polar surface area (TPSA) is 166 Å². The number of amides is 3. The number of aliphatic hydroxyl groups is 1. The first-order chi connectivity index (χ1) is 20.6. The summed E-state index contributed by atoms with van der Waals surface area (Å²) in [5, 5.41) is 17.5.